The van der Waals surface area contributed by atoms with Gasteiger partial charge in [-0.05, 0) is 30.9 Å². The molecule has 1 aromatic carbocycles. The lowest BCUT2D eigenvalue weighted by Crippen LogP contribution is -2.33. The Balaban J connectivity index is 1.94. The minimum absolute atomic E-state index is 0.760. The average molecular weight is 217 g/mol. The highest BCUT2D eigenvalue weighted by atomic mass is 16.1. The Morgan fingerprint density at radius 1 is 1.38 bits per heavy atom. The standard InChI is InChI=1S/C14H19NO/c1-12-3-2-8-15(9-12)10-13-4-6-14(11-16)7-5-13/h4-7,11-12H,2-3,8-10H2,1H3. The molecule has 1 aliphatic heterocycles. The lowest BCUT2D eigenvalue weighted by Gasteiger charge is -2.30. The monoisotopic (exact) mass is 217 g/mol. The van der Waals surface area contributed by atoms with E-state index in [0.717, 1.165) is 24.3 Å². The maximum absolute atomic E-state index is 10.5. The maximum atomic E-state index is 10.5. The van der Waals surface area contributed by atoms with Crippen LogP contribution in [0.1, 0.15) is 35.7 Å². The van der Waals surface area contributed by atoms with Crippen molar-refractivity contribution in [2.24, 2.45) is 5.92 Å². The topological polar surface area (TPSA) is 20.3 Å². The van der Waals surface area contributed by atoms with E-state index in [1.807, 2.05) is 12.1 Å². The van der Waals surface area contributed by atoms with E-state index in [0.29, 0.717) is 0 Å². The molecular weight excluding hydrogens is 198 g/mol. The summed E-state index contributed by atoms with van der Waals surface area (Å²) in [6, 6.07) is 7.91. The van der Waals surface area contributed by atoms with Gasteiger partial charge in [-0.25, -0.2) is 0 Å². The van der Waals surface area contributed by atoms with Gasteiger partial charge in [-0.3, -0.25) is 9.69 Å². The van der Waals surface area contributed by atoms with Crippen LogP contribution in [0.15, 0.2) is 24.3 Å². The van der Waals surface area contributed by atoms with Crippen LogP contribution < -0.4 is 0 Å². The summed E-state index contributed by atoms with van der Waals surface area (Å²) in [7, 11) is 0. The third-order valence-electron chi connectivity index (χ3n) is 3.26. The van der Waals surface area contributed by atoms with E-state index in [1.165, 1.54) is 31.5 Å². The third kappa shape index (κ3) is 2.92. The van der Waals surface area contributed by atoms with E-state index in [1.54, 1.807) is 0 Å². The molecule has 16 heavy (non-hydrogen) atoms. The molecule has 0 aromatic heterocycles. The third-order valence-corrected chi connectivity index (χ3v) is 3.26. The van der Waals surface area contributed by atoms with Crippen molar-refractivity contribution in [1.82, 2.24) is 4.90 Å². The Labute approximate surface area is 97.3 Å². The number of aldehydes is 1. The predicted octanol–water partition coefficient (Wildman–Crippen LogP) is 2.73. The fraction of sp³-hybridized carbons (Fsp3) is 0.500. The van der Waals surface area contributed by atoms with Gasteiger partial charge in [0, 0.05) is 18.7 Å². The molecule has 0 saturated carbocycles. The predicted molar refractivity (Wildman–Crippen MR) is 65.5 cm³/mol. The SMILES string of the molecule is CC1CCCN(Cc2ccc(C=O)cc2)C1. The van der Waals surface area contributed by atoms with Crippen LogP contribution in [0.5, 0.6) is 0 Å². The lowest BCUT2D eigenvalue weighted by molar-refractivity contribution is 0.112. The van der Waals surface area contributed by atoms with Crippen molar-refractivity contribution in [1.29, 1.82) is 0 Å². The summed E-state index contributed by atoms with van der Waals surface area (Å²) in [4.78, 5) is 13.0. The molecule has 86 valence electrons. The Kier molecular flexibility index (Phi) is 3.73. The Morgan fingerprint density at radius 3 is 2.75 bits per heavy atom. The van der Waals surface area contributed by atoms with Crippen LogP contribution >= 0.6 is 0 Å². The van der Waals surface area contributed by atoms with Crippen LogP contribution in [-0.4, -0.2) is 24.3 Å². The minimum atomic E-state index is 0.760. The minimum Gasteiger partial charge on any atom is -0.299 e. The number of rotatable bonds is 3. The number of hydrogen-bond donors (Lipinski definition) is 0. The second-order valence-corrected chi connectivity index (χ2v) is 4.84. The second kappa shape index (κ2) is 5.26. The van der Waals surface area contributed by atoms with Crippen LogP contribution in [0.25, 0.3) is 0 Å². The van der Waals surface area contributed by atoms with Crippen molar-refractivity contribution in [2.75, 3.05) is 13.1 Å². The molecule has 1 unspecified atom stereocenters. The summed E-state index contributed by atoms with van der Waals surface area (Å²) in [6.45, 7) is 5.75. The first-order valence-corrected chi connectivity index (χ1v) is 6.04. The molecule has 0 aliphatic carbocycles. The van der Waals surface area contributed by atoms with E-state index < -0.39 is 0 Å². The van der Waals surface area contributed by atoms with Crippen molar-refractivity contribution < 1.29 is 4.79 Å². The second-order valence-electron chi connectivity index (χ2n) is 4.84. The zero-order chi connectivity index (χ0) is 11.4. The van der Waals surface area contributed by atoms with Gasteiger partial charge in [0.15, 0.2) is 0 Å². The molecule has 2 rings (SSSR count). The van der Waals surface area contributed by atoms with Crippen molar-refractivity contribution in [3.63, 3.8) is 0 Å². The summed E-state index contributed by atoms with van der Waals surface area (Å²) < 4.78 is 0. The molecule has 0 amide bonds. The van der Waals surface area contributed by atoms with Crippen LogP contribution in [-0.2, 0) is 6.54 Å². The van der Waals surface area contributed by atoms with Crippen molar-refractivity contribution in [3.8, 4) is 0 Å². The highest BCUT2D eigenvalue weighted by Crippen LogP contribution is 2.17. The van der Waals surface area contributed by atoms with E-state index in [2.05, 4.69) is 24.0 Å². The van der Waals surface area contributed by atoms with E-state index >= 15 is 0 Å². The number of carbonyl (C=O) groups is 1. The summed E-state index contributed by atoms with van der Waals surface area (Å²) in [5, 5.41) is 0. The van der Waals surface area contributed by atoms with E-state index in [9.17, 15) is 4.79 Å². The molecule has 0 radical (unpaired) electrons. The summed E-state index contributed by atoms with van der Waals surface area (Å²) in [5.41, 5.74) is 2.07. The van der Waals surface area contributed by atoms with Gasteiger partial charge in [0.2, 0.25) is 0 Å². The van der Waals surface area contributed by atoms with Gasteiger partial charge >= 0.3 is 0 Å². The normalized spacial score (nSPS) is 21.9. The molecule has 2 heteroatoms. The number of nitrogens with zero attached hydrogens (tertiary/aromatic N) is 1. The Bertz CT molecular complexity index is 344. The first kappa shape index (κ1) is 11.3. The molecule has 1 heterocycles. The molecule has 1 aliphatic rings. The summed E-state index contributed by atoms with van der Waals surface area (Å²) in [6.07, 6.45) is 3.57. The average Bonchev–Trinajstić information content (AvgIpc) is 2.30. The summed E-state index contributed by atoms with van der Waals surface area (Å²) in [5.74, 6) is 0.822. The van der Waals surface area contributed by atoms with Gasteiger partial charge in [-0.1, -0.05) is 31.2 Å². The zero-order valence-electron chi connectivity index (χ0n) is 9.86. The number of benzene rings is 1. The number of hydrogen-bond acceptors (Lipinski definition) is 2. The number of carbonyl (C=O) groups excluding carboxylic acids is 1. The first-order valence-electron chi connectivity index (χ1n) is 6.04. The molecule has 1 fully saturated rings. The molecular formula is C14H19NO. The van der Waals surface area contributed by atoms with E-state index in [4.69, 9.17) is 0 Å². The van der Waals surface area contributed by atoms with Crippen molar-refractivity contribution in [3.05, 3.63) is 35.4 Å². The Morgan fingerprint density at radius 2 is 2.12 bits per heavy atom. The first-order chi connectivity index (χ1) is 7.78. The molecule has 0 spiro atoms. The van der Waals surface area contributed by atoms with Gasteiger partial charge in [0.1, 0.15) is 6.29 Å². The zero-order valence-corrected chi connectivity index (χ0v) is 9.86. The fourth-order valence-electron chi connectivity index (χ4n) is 2.39. The molecule has 2 nitrogen and oxygen atoms in total. The molecule has 0 bridgehead atoms. The van der Waals surface area contributed by atoms with Gasteiger partial charge in [0.25, 0.3) is 0 Å². The van der Waals surface area contributed by atoms with Gasteiger partial charge in [-0.2, -0.15) is 0 Å². The smallest absolute Gasteiger partial charge is 0.150 e. The highest BCUT2D eigenvalue weighted by molar-refractivity contribution is 5.74. The van der Waals surface area contributed by atoms with Gasteiger partial charge < -0.3 is 0 Å². The van der Waals surface area contributed by atoms with E-state index in [-0.39, 0.29) is 0 Å². The van der Waals surface area contributed by atoms with Crippen molar-refractivity contribution >= 4 is 6.29 Å². The Hall–Kier alpha value is -1.15. The molecule has 1 saturated heterocycles. The van der Waals surface area contributed by atoms with Crippen LogP contribution in [0.2, 0.25) is 0 Å². The highest BCUT2D eigenvalue weighted by Gasteiger charge is 2.15. The molecule has 0 N–H and O–H groups in total. The van der Waals surface area contributed by atoms with Crippen LogP contribution in [0.3, 0.4) is 0 Å². The van der Waals surface area contributed by atoms with Crippen LogP contribution in [0, 0.1) is 5.92 Å². The molecule has 1 aromatic rings. The van der Waals surface area contributed by atoms with Crippen LogP contribution in [0.4, 0.5) is 0 Å². The number of piperidine rings is 1. The lowest BCUT2D eigenvalue weighted by atomic mass is 10.00. The summed E-state index contributed by atoms with van der Waals surface area (Å²) >= 11 is 0. The van der Waals surface area contributed by atoms with Crippen molar-refractivity contribution in [2.45, 2.75) is 26.3 Å². The van der Waals surface area contributed by atoms with Gasteiger partial charge in [0.05, 0.1) is 0 Å². The van der Waals surface area contributed by atoms with Gasteiger partial charge in [-0.15, -0.1) is 0 Å². The number of likely N-dealkylation sites (tertiary alicyclic amines) is 1. The maximum Gasteiger partial charge on any atom is 0.150 e. The molecule has 1 atom stereocenters. The fourth-order valence-corrected chi connectivity index (χ4v) is 2.39. The quantitative estimate of drug-likeness (QED) is 0.726. The largest absolute Gasteiger partial charge is 0.299 e.